The molecule has 1 aromatic carbocycles. The van der Waals surface area contributed by atoms with E-state index in [0.717, 1.165) is 0 Å². The van der Waals surface area contributed by atoms with Crippen molar-refractivity contribution in [3.8, 4) is 0 Å². The molecule has 1 spiro atoms. The Kier molecular flexibility index (Phi) is 7.71. The van der Waals surface area contributed by atoms with Crippen molar-refractivity contribution in [1.82, 2.24) is 4.90 Å². The van der Waals surface area contributed by atoms with Crippen molar-refractivity contribution in [3.63, 3.8) is 0 Å². The second-order valence-corrected chi connectivity index (χ2v) is 10.5. The van der Waals surface area contributed by atoms with E-state index in [0.29, 0.717) is 17.1 Å². The summed E-state index contributed by atoms with van der Waals surface area (Å²) in [7, 11) is 0. The fourth-order valence-corrected chi connectivity index (χ4v) is 6.69. The van der Waals surface area contributed by atoms with Gasteiger partial charge in [0, 0.05) is 35.2 Å². The van der Waals surface area contributed by atoms with Crippen molar-refractivity contribution in [2.75, 3.05) is 31.2 Å². The summed E-state index contributed by atoms with van der Waals surface area (Å²) in [5, 5.41) is 9.99. The van der Waals surface area contributed by atoms with E-state index in [1.165, 1.54) is 15.9 Å². The molecule has 0 aromatic heterocycles. The quantitative estimate of drug-likeness (QED) is 0.265. The van der Waals surface area contributed by atoms with Crippen LogP contribution in [0.2, 0.25) is 5.02 Å². The molecule has 3 unspecified atom stereocenters. The fraction of sp³-hybridized carbons (Fsp3) is 0.480. The fourth-order valence-electron chi connectivity index (χ4n) is 5.62. The normalized spacial score (nSPS) is 30.8. The van der Waals surface area contributed by atoms with E-state index in [4.69, 9.17) is 21.1 Å². The van der Waals surface area contributed by atoms with Gasteiger partial charge in [-0.15, -0.1) is 6.58 Å². The first kappa shape index (κ1) is 25.9. The van der Waals surface area contributed by atoms with Gasteiger partial charge in [0.15, 0.2) is 0 Å². The Bertz CT molecular complexity index is 1020. The van der Waals surface area contributed by atoms with Crippen LogP contribution in [-0.4, -0.2) is 76.7 Å². The highest BCUT2D eigenvalue weighted by molar-refractivity contribution is 9.09. The van der Waals surface area contributed by atoms with Crippen LogP contribution in [0.1, 0.15) is 12.8 Å². The number of aliphatic hydroxyl groups is 1. The van der Waals surface area contributed by atoms with E-state index in [9.17, 15) is 19.5 Å². The zero-order valence-corrected chi connectivity index (χ0v) is 21.5. The van der Waals surface area contributed by atoms with Gasteiger partial charge in [0.1, 0.15) is 18.2 Å². The van der Waals surface area contributed by atoms with Gasteiger partial charge in [-0.1, -0.05) is 46.3 Å². The molecule has 188 valence electrons. The summed E-state index contributed by atoms with van der Waals surface area (Å²) in [6.07, 6.45) is 3.14. The molecule has 2 amide bonds. The number of amides is 2. The van der Waals surface area contributed by atoms with Crippen LogP contribution in [0.15, 0.2) is 49.6 Å². The summed E-state index contributed by atoms with van der Waals surface area (Å²) < 4.78 is 11.7. The number of fused-ring (bicyclic) bond motifs is 1. The molecule has 0 saturated carbocycles. The van der Waals surface area contributed by atoms with Crippen molar-refractivity contribution < 1.29 is 29.0 Å². The van der Waals surface area contributed by atoms with E-state index in [1.807, 2.05) is 0 Å². The molecule has 3 saturated heterocycles. The first-order valence-corrected chi connectivity index (χ1v) is 12.8. The molecular formula is C25H28BrClN2O6. The predicted octanol–water partition coefficient (Wildman–Crippen LogP) is 2.72. The van der Waals surface area contributed by atoms with Gasteiger partial charge in [0.25, 0.3) is 5.91 Å². The third-order valence-electron chi connectivity index (χ3n) is 6.91. The summed E-state index contributed by atoms with van der Waals surface area (Å²) >= 11 is 9.66. The van der Waals surface area contributed by atoms with Crippen LogP contribution in [0.5, 0.6) is 0 Å². The Morgan fingerprint density at radius 2 is 2.03 bits per heavy atom. The Morgan fingerprint density at radius 1 is 1.31 bits per heavy atom. The van der Waals surface area contributed by atoms with Gasteiger partial charge in [-0.2, -0.15) is 0 Å². The third kappa shape index (κ3) is 4.33. The zero-order valence-electron chi connectivity index (χ0n) is 19.1. The number of ether oxygens (including phenoxy) is 2. The van der Waals surface area contributed by atoms with Gasteiger partial charge in [-0.25, -0.2) is 0 Å². The molecule has 3 heterocycles. The molecule has 6 atom stereocenters. The summed E-state index contributed by atoms with van der Waals surface area (Å²) in [5.74, 6) is -2.94. The number of hydrogen-bond acceptors (Lipinski definition) is 6. The number of alkyl halides is 1. The first-order valence-electron chi connectivity index (χ1n) is 11.5. The second-order valence-electron chi connectivity index (χ2n) is 8.90. The van der Waals surface area contributed by atoms with E-state index in [-0.39, 0.29) is 49.4 Å². The number of aliphatic hydroxyl groups excluding tert-OH is 1. The van der Waals surface area contributed by atoms with Gasteiger partial charge >= 0.3 is 5.97 Å². The lowest BCUT2D eigenvalue weighted by atomic mass is 9.70. The molecule has 3 fully saturated rings. The number of nitrogens with zero attached hydrogens (tertiary/aromatic N) is 2. The Morgan fingerprint density at radius 3 is 2.66 bits per heavy atom. The molecule has 1 N–H and O–H groups in total. The Balaban J connectivity index is 1.76. The number of likely N-dealkylation sites (tertiary alicyclic amines) is 1. The molecule has 35 heavy (non-hydrogen) atoms. The number of hydrogen-bond donors (Lipinski definition) is 1. The van der Waals surface area contributed by atoms with Crippen LogP contribution in [0.25, 0.3) is 0 Å². The van der Waals surface area contributed by atoms with Crippen LogP contribution < -0.4 is 4.90 Å². The summed E-state index contributed by atoms with van der Waals surface area (Å²) in [6, 6.07) is 5.84. The molecule has 8 nitrogen and oxygen atoms in total. The van der Waals surface area contributed by atoms with Crippen molar-refractivity contribution in [1.29, 1.82) is 0 Å². The standard InChI is InChI=1S/C25H28BrClN2O6/c1-3-10-28(16-8-6-15(27)7-9-16)23(32)21-25-14-17(26)20(35-25)18(24(33)34-13-4-2)19(25)22(31)29(21)11-5-12-30/h3-4,6-9,17-21,30H,1-2,5,10-14H2/t17?,18-,19-,20-,21?,25?/m0/s1. The van der Waals surface area contributed by atoms with E-state index in [2.05, 4.69) is 29.1 Å². The topological polar surface area (TPSA) is 96.4 Å². The molecule has 3 aliphatic rings. The maximum absolute atomic E-state index is 14.2. The Labute approximate surface area is 217 Å². The molecule has 3 aliphatic heterocycles. The molecule has 4 rings (SSSR count). The first-order chi connectivity index (χ1) is 16.8. The number of halogens is 2. The average Bonchev–Trinajstić information content (AvgIpc) is 3.43. The molecule has 10 heteroatoms. The second kappa shape index (κ2) is 10.4. The van der Waals surface area contributed by atoms with Crippen LogP contribution in [0.3, 0.4) is 0 Å². The number of carbonyl (C=O) groups excluding carboxylic acids is 3. The van der Waals surface area contributed by atoms with E-state index < -0.39 is 35.6 Å². The molecule has 0 aliphatic carbocycles. The van der Waals surface area contributed by atoms with Crippen LogP contribution in [0.4, 0.5) is 5.69 Å². The van der Waals surface area contributed by atoms with Gasteiger partial charge in [-0.3, -0.25) is 14.4 Å². The van der Waals surface area contributed by atoms with Crippen molar-refractivity contribution in [2.45, 2.75) is 35.4 Å². The Hall–Kier alpha value is -2.20. The molecule has 0 radical (unpaired) electrons. The monoisotopic (exact) mass is 566 g/mol. The molecular weight excluding hydrogens is 540 g/mol. The van der Waals surface area contributed by atoms with Gasteiger partial charge in [-0.05, 0) is 37.1 Å². The van der Waals surface area contributed by atoms with Crippen LogP contribution in [0, 0.1) is 11.8 Å². The van der Waals surface area contributed by atoms with E-state index in [1.54, 1.807) is 30.3 Å². The summed E-state index contributed by atoms with van der Waals surface area (Å²) in [4.78, 5) is 43.7. The van der Waals surface area contributed by atoms with E-state index >= 15 is 0 Å². The molecule has 2 bridgehead atoms. The highest BCUT2D eigenvalue weighted by atomic mass is 79.9. The highest BCUT2D eigenvalue weighted by Gasteiger charge is 2.77. The minimum atomic E-state index is -1.20. The molecule has 1 aromatic rings. The van der Waals surface area contributed by atoms with Crippen LogP contribution >= 0.6 is 27.5 Å². The largest absolute Gasteiger partial charge is 0.461 e. The lowest BCUT2D eigenvalue weighted by Crippen LogP contribution is -2.57. The maximum Gasteiger partial charge on any atom is 0.312 e. The third-order valence-corrected chi connectivity index (χ3v) is 8.01. The predicted molar refractivity (Wildman–Crippen MR) is 134 cm³/mol. The number of benzene rings is 1. The lowest BCUT2D eigenvalue weighted by molar-refractivity contribution is -0.153. The minimum absolute atomic E-state index is 0.0170. The number of rotatable bonds is 10. The maximum atomic E-state index is 14.2. The smallest absolute Gasteiger partial charge is 0.312 e. The number of anilines is 1. The minimum Gasteiger partial charge on any atom is -0.461 e. The van der Waals surface area contributed by atoms with Crippen molar-refractivity contribution in [2.24, 2.45) is 11.8 Å². The summed E-state index contributed by atoms with van der Waals surface area (Å²) in [5.41, 5.74) is -0.606. The average molecular weight is 568 g/mol. The zero-order chi connectivity index (χ0) is 25.3. The van der Waals surface area contributed by atoms with Gasteiger partial charge in [0.05, 0.1) is 17.9 Å². The number of carbonyl (C=O) groups is 3. The lowest BCUT2D eigenvalue weighted by Gasteiger charge is -2.37. The van der Waals surface area contributed by atoms with Crippen molar-refractivity contribution in [3.05, 3.63) is 54.6 Å². The highest BCUT2D eigenvalue weighted by Crippen LogP contribution is 2.60. The van der Waals surface area contributed by atoms with Crippen molar-refractivity contribution >= 4 is 51.0 Å². The van der Waals surface area contributed by atoms with Gasteiger partial charge in [0.2, 0.25) is 5.91 Å². The van der Waals surface area contributed by atoms with Crippen LogP contribution in [-0.2, 0) is 23.9 Å². The SMILES string of the molecule is C=CCOC(=O)[C@H]1[C@H]2C(=O)N(CCCO)C(C(=O)N(CC=C)c3ccc(Cl)cc3)C23CC(Br)[C@@H]1O3. The number of esters is 1. The summed E-state index contributed by atoms with van der Waals surface area (Å²) in [6.45, 7) is 7.58. The van der Waals surface area contributed by atoms with Gasteiger partial charge < -0.3 is 24.4 Å².